The van der Waals surface area contributed by atoms with Crippen LogP contribution in [0.1, 0.15) is 11.3 Å². The lowest BCUT2D eigenvalue weighted by atomic mass is 10.1. The highest BCUT2D eigenvalue weighted by molar-refractivity contribution is 5.91. The number of amides is 1. The van der Waals surface area contributed by atoms with Crippen molar-refractivity contribution < 1.29 is 23.1 Å². The molecule has 6 nitrogen and oxygen atoms in total. The first-order valence-electron chi connectivity index (χ1n) is 9.02. The second-order valence-electron chi connectivity index (χ2n) is 6.55. The van der Waals surface area contributed by atoms with Crippen LogP contribution in [-0.2, 0) is 17.8 Å². The minimum atomic E-state index is -0.968. The Labute approximate surface area is 169 Å². The second kappa shape index (κ2) is 8.91. The first-order chi connectivity index (χ1) is 14.3. The van der Waals surface area contributed by atoms with Gasteiger partial charge in [0.1, 0.15) is 29.8 Å². The summed E-state index contributed by atoms with van der Waals surface area (Å²) in [5, 5.41) is 11.5. The minimum Gasteiger partial charge on any atom is -0.396 e. The third kappa shape index (κ3) is 4.57. The van der Waals surface area contributed by atoms with E-state index in [1.807, 2.05) is 0 Å². The van der Waals surface area contributed by atoms with E-state index in [1.54, 1.807) is 6.92 Å². The molecule has 0 radical (unpaired) electrons. The quantitative estimate of drug-likeness (QED) is 0.646. The smallest absolute Gasteiger partial charge is 0.257 e. The van der Waals surface area contributed by atoms with E-state index in [2.05, 4.69) is 10.3 Å². The molecule has 1 heterocycles. The molecule has 0 fully saturated rings. The number of nitrogens with one attached hydrogen (secondary N) is 1. The number of benzene rings is 2. The normalized spacial score (nSPS) is 10.8. The van der Waals surface area contributed by atoms with E-state index in [0.717, 1.165) is 16.7 Å². The maximum Gasteiger partial charge on any atom is 0.257 e. The molecule has 0 saturated heterocycles. The molecular formula is C21H18F3N3O3. The van der Waals surface area contributed by atoms with Crippen LogP contribution in [-0.4, -0.2) is 27.2 Å². The number of halogens is 3. The molecule has 0 saturated carbocycles. The lowest BCUT2D eigenvalue weighted by molar-refractivity contribution is -0.116. The molecule has 0 atom stereocenters. The molecular weight excluding hydrogens is 399 g/mol. The van der Waals surface area contributed by atoms with Crippen LogP contribution < -0.4 is 10.9 Å². The molecule has 3 rings (SSSR count). The van der Waals surface area contributed by atoms with Crippen LogP contribution in [0.3, 0.4) is 0 Å². The van der Waals surface area contributed by atoms with Crippen LogP contribution in [0.25, 0.3) is 11.4 Å². The summed E-state index contributed by atoms with van der Waals surface area (Å²) in [6.45, 7) is 0.727. The zero-order valence-electron chi connectivity index (χ0n) is 16.0. The molecule has 156 valence electrons. The van der Waals surface area contributed by atoms with Gasteiger partial charge < -0.3 is 10.4 Å². The maximum absolute atomic E-state index is 13.8. The van der Waals surface area contributed by atoms with E-state index >= 15 is 0 Å². The zero-order valence-corrected chi connectivity index (χ0v) is 16.0. The highest BCUT2D eigenvalue weighted by atomic mass is 19.1. The number of hydrogen-bond acceptors (Lipinski definition) is 4. The summed E-state index contributed by atoms with van der Waals surface area (Å²) < 4.78 is 41.6. The fraction of sp³-hybridized carbons (Fsp3) is 0.190. The van der Waals surface area contributed by atoms with Crippen molar-refractivity contribution in [3.63, 3.8) is 0 Å². The van der Waals surface area contributed by atoms with Gasteiger partial charge in [-0.25, -0.2) is 18.2 Å². The summed E-state index contributed by atoms with van der Waals surface area (Å²) in [5.41, 5.74) is -0.0116. The number of aliphatic hydroxyl groups is 1. The van der Waals surface area contributed by atoms with Gasteiger partial charge >= 0.3 is 0 Å². The fourth-order valence-corrected chi connectivity index (χ4v) is 3.02. The number of carbonyl (C=O) groups excluding carboxylic acids is 1. The highest BCUT2D eigenvalue weighted by Crippen LogP contribution is 2.20. The summed E-state index contributed by atoms with van der Waals surface area (Å²) in [6.07, 6.45) is 0.0231. The van der Waals surface area contributed by atoms with Crippen LogP contribution in [0, 0.1) is 24.4 Å². The summed E-state index contributed by atoms with van der Waals surface area (Å²) in [4.78, 5) is 29.8. The Kier molecular flexibility index (Phi) is 6.31. The molecule has 1 aromatic heterocycles. The fourth-order valence-electron chi connectivity index (χ4n) is 3.02. The van der Waals surface area contributed by atoms with Gasteiger partial charge in [0.25, 0.3) is 5.56 Å². The Balaban J connectivity index is 2.03. The first-order valence-corrected chi connectivity index (χ1v) is 9.02. The molecule has 0 unspecified atom stereocenters. The number of aliphatic hydroxyl groups excluding tert-OH is 1. The van der Waals surface area contributed by atoms with Gasteiger partial charge in [-0.1, -0.05) is 12.1 Å². The van der Waals surface area contributed by atoms with Gasteiger partial charge in [0.15, 0.2) is 0 Å². The molecule has 0 bridgehead atoms. The number of hydrogen-bond donors (Lipinski definition) is 2. The Hall–Kier alpha value is -3.46. The third-order valence-electron chi connectivity index (χ3n) is 4.42. The van der Waals surface area contributed by atoms with Gasteiger partial charge in [0.05, 0.1) is 5.69 Å². The number of nitrogens with zero attached hydrogens (tertiary/aromatic N) is 2. The number of carbonyl (C=O) groups is 1. The molecule has 2 N–H and O–H groups in total. The molecule has 1 amide bonds. The van der Waals surface area contributed by atoms with Crippen molar-refractivity contribution in [2.75, 3.05) is 11.9 Å². The van der Waals surface area contributed by atoms with Gasteiger partial charge in [-0.15, -0.1) is 0 Å². The lowest BCUT2D eigenvalue weighted by Crippen LogP contribution is -2.33. The van der Waals surface area contributed by atoms with Gasteiger partial charge in [0, 0.05) is 35.9 Å². The van der Waals surface area contributed by atoms with E-state index in [1.165, 1.54) is 24.3 Å². The number of rotatable bonds is 6. The Bertz CT molecular complexity index is 1160. The van der Waals surface area contributed by atoms with Crippen molar-refractivity contribution >= 4 is 11.6 Å². The van der Waals surface area contributed by atoms with E-state index in [9.17, 15) is 27.9 Å². The number of aryl methyl sites for hydroxylation is 1. The van der Waals surface area contributed by atoms with E-state index < -0.39 is 35.5 Å². The Morgan fingerprint density at radius 3 is 2.53 bits per heavy atom. The molecule has 30 heavy (non-hydrogen) atoms. The molecule has 9 heteroatoms. The van der Waals surface area contributed by atoms with Crippen molar-refractivity contribution in [3.05, 3.63) is 81.5 Å². The van der Waals surface area contributed by atoms with Gasteiger partial charge in [0.2, 0.25) is 5.91 Å². The molecule has 0 aliphatic carbocycles. The predicted molar refractivity (Wildman–Crippen MR) is 104 cm³/mol. The largest absolute Gasteiger partial charge is 0.396 e. The van der Waals surface area contributed by atoms with Crippen LogP contribution in [0.2, 0.25) is 0 Å². The second-order valence-corrected chi connectivity index (χ2v) is 6.55. The van der Waals surface area contributed by atoms with Gasteiger partial charge in [-0.2, -0.15) is 0 Å². The van der Waals surface area contributed by atoms with Gasteiger partial charge in [-0.3, -0.25) is 14.2 Å². The Morgan fingerprint density at radius 1 is 1.13 bits per heavy atom. The number of aromatic nitrogens is 2. The molecule has 0 aliphatic heterocycles. The van der Waals surface area contributed by atoms with Crippen molar-refractivity contribution in [2.24, 2.45) is 0 Å². The first kappa shape index (κ1) is 21.3. The SMILES string of the molecule is Cc1nc(-c2cccc(F)c2)n(CC(=O)Nc2ccc(F)cc2F)c(=O)c1CCO. The van der Waals surface area contributed by atoms with E-state index in [0.29, 0.717) is 11.8 Å². The lowest BCUT2D eigenvalue weighted by Gasteiger charge is -2.16. The number of anilines is 1. The van der Waals surface area contributed by atoms with Crippen molar-refractivity contribution in [1.29, 1.82) is 0 Å². The summed E-state index contributed by atoms with van der Waals surface area (Å²) in [7, 11) is 0. The average molecular weight is 417 g/mol. The summed E-state index contributed by atoms with van der Waals surface area (Å²) in [6, 6.07) is 8.02. The maximum atomic E-state index is 13.8. The summed E-state index contributed by atoms with van der Waals surface area (Å²) in [5.74, 6) is -3.03. The summed E-state index contributed by atoms with van der Waals surface area (Å²) >= 11 is 0. The molecule has 0 aliphatic rings. The standard InChI is InChI=1S/C21H18F3N3O3/c1-12-16(7-8-28)21(30)27(20(25-12)13-3-2-4-14(22)9-13)11-19(29)26-18-6-5-15(23)10-17(18)24/h2-6,9-10,28H,7-8,11H2,1H3,(H,26,29). The zero-order chi connectivity index (χ0) is 21.8. The minimum absolute atomic E-state index is 0.0231. The third-order valence-corrected chi connectivity index (χ3v) is 4.42. The Morgan fingerprint density at radius 2 is 1.87 bits per heavy atom. The van der Waals surface area contributed by atoms with Crippen molar-refractivity contribution in [1.82, 2.24) is 9.55 Å². The van der Waals surface area contributed by atoms with Crippen molar-refractivity contribution in [3.8, 4) is 11.4 Å². The monoisotopic (exact) mass is 417 g/mol. The van der Waals surface area contributed by atoms with Crippen LogP contribution in [0.4, 0.5) is 18.9 Å². The molecule has 3 aromatic rings. The van der Waals surface area contributed by atoms with Crippen LogP contribution in [0.15, 0.2) is 47.3 Å². The van der Waals surface area contributed by atoms with Crippen LogP contribution in [0.5, 0.6) is 0 Å². The predicted octanol–water partition coefficient (Wildman–Crippen LogP) is 2.81. The van der Waals surface area contributed by atoms with Crippen LogP contribution >= 0.6 is 0 Å². The van der Waals surface area contributed by atoms with Gasteiger partial charge in [-0.05, 0) is 31.2 Å². The topological polar surface area (TPSA) is 84.2 Å². The molecule has 2 aromatic carbocycles. The van der Waals surface area contributed by atoms with Crippen molar-refractivity contribution in [2.45, 2.75) is 19.9 Å². The van der Waals surface area contributed by atoms with E-state index in [-0.39, 0.29) is 35.7 Å². The average Bonchev–Trinajstić information content (AvgIpc) is 2.69. The van der Waals surface area contributed by atoms with E-state index in [4.69, 9.17) is 0 Å². The molecule has 0 spiro atoms. The highest BCUT2D eigenvalue weighted by Gasteiger charge is 2.18.